The van der Waals surface area contributed by atoms with E-state index in [1.54, 1.807) is 13.0 Å². The Morgan fingerprint density at radius 1 is 0.750 bits per heavy atom. The second-order valence-corrected chi connectivity index (χ2v) is 6.70. The number of allylic oxidation sites excluding steroid dienone is 5. The molecule has 2 heteroatoms. The summed E-state index contributed by atoms with van der Waals surface area (Å²) in [5.41, 5.74) is 5.73. The van der Waals surface area contributed by atoms with Gasteiger partial charge in [0.15, 0.2) is 0 Å². The first-order valence-electron chi connectivity index (χ1n) is 9.98. The predicted octanol–water partition coefficient (Wildman–Crippen LogP) is 6.62. The van der Waals surface area contributed by atoms with Gasteiger partial charge in [0, 0.05) is 5.57 Å². The standard InChI is InChI=1S/C22H39NO/c1-3-4-5-6-7-8-9-10-11-12-13-14-15-16-17-18-19-20-21(2)22(23)24/h16-20H,3-15H2,1-2H3,(H2,23,24)/b17-16+,19-18+,21-20+. The minimum atomic E-state index is -0.361. The topological polar surface area (TPSA) is 43.1 Å². The average Bonchev–Trinajstić information content (AvgIpc) is 2.57. The van der Waals surface area contributed by atoms with E-state index in [-0.39, 0.29) is 5.91 Å². The molecule has 0 aliphatic heterocycles. The fourth-order valence-corrected chi connectivity index (χ4v) is 2.62. The Hall–Kier alpha value is -1.31. The van der Waals surface area contributed by atoms with Gasteiger partial charge >= 0.3 is 0 Å². The lowest BCUT2D eigenvalue weighted by Crippen LogP contribution is -2.11. The first-order chi connectivity index (χ1) is 11.7. The molecular formula is C22H39NO. The highest BCUT2D eigenvalue weighted by molar-refractivity contribution is 5.91. The Bertz CT molecular complexity index is 379. The van der Waals surface area contributed by atoms with Crippen molar-refractivity contribution in [2.75, 3.05) is 0 Å². The van der Waals surface area contributed by atoms with Crippen LogP contribution >= 0.6 is 0 Å². The minimum absolute atomic E-state index is 0.361. The van der Waals surface area contributed by atoms with Crippen molar-refractivity contribution in [3.63, 3.8) is 0 Å². The molecule has 0 aliphatic rings. The fourth-order valence-electron chi connectivity index (χ4n) is 2.62. The molecule has 0 spiro atoms. The van der Waals surface area contributed by atoms with Crippen molar-refractivity contribution in [1.29, 1.82) is 0 Å². The quantitative estimate of drug-likeness (QED) is 0.192. The average molecular weight is 334 g/mol. The molecule has 2 nitrogen and oxygen atoms in total. The molecular weight excluding hydrogens is 294 g/mol. The largest absolute Gasteiger partial charge is 0.366 e. The molecule has 0 atom stereocenters. The maximum Gasteiger partial charge on any atom is 0.244 e. The van der Waals surface area contributed by atoms with E-state index < -0.39 is 0 Å². The van der Waals surface area contributed by atoms with Gasteiger partial charge in [-0.2, -0.15) is 0 Å². The maximum atomic E-state index is 10.8. The van der Waals surface area contributed by atoms with Crippen molar-refractivity contribution in [3.8, 4) is 0 Å². The zero-order valence-corrected chi connectivity index (χ0v) is 16.1. The number of carbonyl (C=O) groups excluding carboxylic acids is 1. The number of carbonyl (C=O) groups is 1. The Balaban J connectivity index is 3.30. The van der Waals surface area contributed by atoms with Crippen molar-refractivity contribution in [3.05, 3.63) is 36.0 Å². The highest BCUT2D eigenvalue weighted by Crippen LogP contribution is 2.12. The molecule has 0 unspecified atom stereocenters. The number of nitrogens with two attached hydrogens (primary N) is 1. The Morgan fingerprint density at radius 2 is 1.25 bits per heavy atom. The van der Waals surface area contributed by atoms with E-state index in [0.717, 1.165) is 6.42 Å². The van der Waals surface area contributed by atoms with Crippen LogP contribution in [0.2, 0.25) is 0 Å². The Kier molecular flexibility index (Phi) is 17.1. The Labute approximate surface area is 150 Å². The van der Waals surface area contributed by atoms with Crippen LogP contribution < -0.4 is 5.73 Å². The van der Waals surface area contributed by atoms with Gasteiger partial charge in [0.25, 0.3) is 0 Å². The van der Waals surface area contributed by atoms with E-state index in [1.165, 1.54) is 77.0 Å². The van der Waals surface area contributed by atoms with Crippen molar-refractivity contribution < 1.29 is 4.79 Å². The zero-order chi connectivity index (χ0) is 17.9. The third kappa shape index (κ3) is 17.1. The molecule has 0 fully saturated rings. The van der Waals surface area contributed by atoms with Gasteiger partial charge < -0.3 is 5.73 Å². The summed E-state index contributed by atoms with van der Waals surface area (Å²) >= 11 is 0. The van der Waals surface area contributed by atoms with Gasteiger partial charge in [-0.1, -0.05) is 108 Å². The lowest BCUT2D eigenvalue weighted by molar-refractivity contribution is -0.114. The van der Waals surface area contributed by atoms with E-state index in [9.17, 15) is 4.79 Å². The van der Waals surface area contributed by atoms with Crippen LogP contribution in [0.1, 0.15) is 97.3 Å². The smallest absolute Gasteiger partial charge is 0.244 e. The van der Waals surface area contributed by atoms with Crippen molar-refractivity contribution in [1.82, 2.24) is 0 Å². The number of primary amides is 1. The molecule has 0 aromatic carbocycles. The molecule has 0 radical (unpaired) electrons. The first-order valence-corrected chi connectivity index (χ1v) is 9.98. The second-order valence-electron chi connectivity index (χ2n) is 6.70. The summed E-state index contributed by atoms with van der Waals surface area (Å²) in [6.45, 7) is 4.00. The van der Waals surface area contributed by atoms with Crippen molar-refractivity contribution >= 4 is 5.91 Å². The number of unbranched alkanes of at least 4 members (excludes halogenated alkanes) is 12. The van der Waals surface area contributed by atoms with Gasteiger partial charge in [0.1, 0.15) is 0 Å². The SMILES string of the molecule is CCCCCCCCCCCCCC/C=C/C=C/C=C(\C)C(N)=O. The third-order valence-electron chi connectivity index (χ3n) is 4.32. The lowest BCUT2D eigenvalue weighted by Gasteiger charge is -2.02. The van der Waals surface area contributed by atoms with Crippen LogP contribution in [0.25, 0.3) is 0 Å². The molecule has 0 rings (SSSR count). The number of hydrogen-bond acceptors (Lipinski definition) is 1. The van der Waals surface area contributed by atoms with Crippen LogP contribution in [0.4, 0.5) is 0 Å². The fraction of sp³-hybridized carbons (Fsp3) is 0.682. The normalized spacial score (nSPS) is 12.5. The van der Waals surface area contributed by atoms with Crippen LogP contribution in [0, 0.1) is 0 Å². The number of rotatable bonds is 16. The number of amides is 1. The monoisotopic (exact) mass is 333 g/mol. The van der Waals surface area contributed by atoms with Gasteiger partial charge in [-0.3, -0.25) is 4.79 Å². The molecule has 0 aromatic rings. The molecule has 24 heavy (non-hydrogen) atoms. The van der Waals surface area contributed by atoms with Gasteiger partial charge in [0.05, 0.1) is 0 Å². The first kappa shape index (κ1) is 22.7. The lowest BCUT2D eigenvalue weighted by atomic mass is 10.0. The molecule has 0 aromatic heterocycles. The highest BCUT2D eigenvalue weighted by atomic mass is 16.1. The molecule has 1 amide bonds. The van der Waals surface area contributed by atoms with Crippen LogP contribution in [-0.2, 0) is 4.79 Å². The predicted molar refractivity (Wildman–Crippen MR) is 107 cm³/mol. The van der Waals surface area contributed by atoms with E-state index in [4.69, 9.17) is 5.73 Å². The van der Waals surface area contributed by atoms with Gasteiger partial charge in [0.2, 0.25) is 5.91 Å². The van der Waals surface area contributed by atoms with E-state index in [0.29, 0.717) is 5.57 Å². The molecule has 0 saturated heterocycles. The van der Waals surface area contributed by atoms with Crippen LogP contribution in [0.3, 0.4) is 0 Å². The summed E-state index contributed by atoms with van der Waals surface area (Å²) in [5.74, 6) is -0.361. The van der Waals surface area contributed by atoms with Gasteiger partial charge in [-0.05, 0) is 19.8 Å². The van der Waals surface area contributed by atoms with Gasteiger partial charge in [-0.25, -0.2) is 0 Å². The van der Waals surface area contributed by atoms with Crippen LogP contribution in [0.5, 0.6) is 0 Å². The van der Waals surface area contributed by atoms with Crippen molar-refractivity contribution in [2.24, 2.45) is 5.73 Å². The number of hydrogen-bond donors (Lipinski definition) is 1. The molecule has 138 valence electrons. The van der Waals surface area contributed by atoms with Crippen LogP contribution in [-0.4, -0.2) is 5.91 Å². The van der Waals surface area contributed by atoms with E-state index >= 15 is 0 Å². The summed E-state index contributed by atoms with van der Waals surface area (Å²) in [7, 11) is 0. The third-order valence-corrected chi connectivity index (χ3v) is 4.32. The van der Waals surface area contributed by atoms with Crippen LogP contribution in [0.15, 0.2) is 36.0 Å². The molecule has 0 saturated carbocycles. The zero-order valence-electron chi connectivity index (χ0n) is 16.1. The van der Waals surface area contributed by atoms with Gasteiger partial charge in [-0.15, -0.1) is 0 Å². The summed E-state index contributed by atoms with van der Waals surface area (Å²) in [6, 6.07) is 0. The summed E-state index contributed by atoms with van der Waals surface area (Å²) in [4.78, 5) is 10.8. The summed E-state index contributed by atoms with van der Waals surface area (Å²) in [5, 5.41) is 0. The molecule has 2 N–H and O–H groups in total. The van der Waals surface area contributed by atoms with E-state index in [2.05, 4.69) is 13.0 Å². The van der Waals surface area contributed by atoms with E-state index in [1.807, 2.05) is 18.2 Å². The highest BCUT2D eigenvalue weighted by Gasteiger charge is 1.93. The molecule has 0 bridgehead atoms. The summed E-state index contributed by atoms with van der Waals surface area (Å²) < 4.78 is 0. The van der Waals surface area contributed by atoms with Crippen molar-refractivity contribution in [2.45, 2.75) is 97.3 Å². The Morgan fingerprint density at radius 3 is 1.75 bits per heavy atom. The summed E-state index contributed by atoms with van der Waals surface area (Å²) in [6.07, 6.45) is 27.7. The molecule has 0 heterocycles. The minimum Gasteiger partial charge on any atom is -0.366 e. The second kappa shape index (κ2) is 18.0. The molecule has 0 aliphatic carbocycles. The maximum absolute atomic E-state index is 10.8.